The van der Waals surface area contributed by atoms with Crippen molar-refractivity contribution in [3.8, 4) is 22.1 Å². The molecule has 2 aromatic heterocycles. The fourth-order valence-corrected chi connectivity index (χ4v) is 3.49. The Kier molecular flexibility index (Phi) is 5.35. The number of aromatic nitrogens is 3. The zero-order chi connectivity index (χ0) is 20.2. The molecule has 29 heavy (non-hydrogen) atoms. The number of carbonyl (C=O) groups excluding carboxylic acids is 1. The second-order valence-corrected chi connectivity index (χ2v) is 7.09. The van der Waals surface area contributed by atoms with Crippen LogP contribution in [-0.4, -0.2) is 27.3 Å². The van der Waals surface area contributed by atoms with E-state index in [0.717, 1.165) is 11.3 Å². The van der Waals surface area contributed by atoms with E-state index in [1.165, 1.54) is 23.5 Å². The van der Waals surface area contributed by atoms with Crippen LogP contribution in [-0.2, 0) is 4.79 Å². The number of halogens is 1. The van der Waals surface area contributed by atoms with Gasteiger partial charge in [0.25, 0.3) is 5.91 Å². The highest BCUT2D eigenvalue weighted by Gasteiger charge is 2.15. The molecule has 1 N–H and O–H groups in total. The fraction of sp³-hybridized carbons (Fsp3) is 0.0952. The van der Waals surface area contributed by atoms with Crippen molar-refractivity contribution in [1.29, 1.82) is 0 Å². The van der Waals surface area contributed by atoms with Gasteiger partial charge in [-0.1, -0.05) is 18.2 Å². The number of nitrogens with zero attached hydrogens (tertiary/aromatic N) is 3. The normalized spacial score (nSPS) is 10.7. The van der Waals surface area contributed by atoms with Crippen LogP contribution in [0.3, 0.4) is 0 Å². The molecule has 0 aliphatic heterocycles. The molecule has 2 heterocycles. The smallest absolute Gasteiger partial charge is 0.263 e. The Hall–Kier alpha value is -3.52. The van der Waals surface area contributed by atoms with Gasteiger partial charge in [-0.25, -0.2) is 9.37 Å². The van der Waals surface area contributed by atoms with Crippen LogP contribution in [0.5, 0.6) is 5.75 Å². The number of rotatable bonds is 6. The molecule has 0 unspecified atom stereocenters. The molecule has 0 aliphatic rings. The summed E-state index contributed by atoms with van der Waals surface area (Å²) in [6, 6.07) is 17.0. The van der Waals surface area contributed by atoms with Gasteiger partial charge in [0.2, 0.25) is 5.13 Å². The Morgan fingerprint density at radius 3 is 2.69 bits per heavy atom. The van der Waals surface area contributed by atoms with Crippen LogP contribution < -0.4 is 10.1 Å². The van der Waals surface area contributed by atoms with E-state index in [1.54, 1.807) is 35.0 Å². The highest BCUT2D eigenvalue weighted by molar-refractivity contribution is 7.12. The van der Waals surface area contributed by atoms with Crippen molar-refractivity contribution in [2.75, 3.05) is 11.9 Å². The van der Waals surface area contributed by atoms with E-state index in [9.17, 15) is 9.18 Å². The average Bonchev–Trinajstić information content (AvgIpc) is 3.34. The topological polar surface area (TPSA) is 69.0 Å². The van der Waals surface area contributed by atoms with Gasteiger partial charge >= 0.3 is 0 Å². The van der Waals surface area contributed by atoms with Crippen LogP contribution in [0.25, 0.3) is 16.4 Å². The molecule has 0 saturated carbocycles. The number of thiazole rings is 1. The van der Waals surface area contributed by atoms with Gasteiger partial charge in [-0.3, -0.25) is 4.79 Å². The molecular weight excluding hydrogens is 391 g/mol. The minimum absolute atomic E-state index is 0.118. The summed E-state index contributed by atoms with van der Waals surface area (Å²) >= 11 is 1.38. The molecule has 0 radical (unpaired) electrons. The largest absolute Gasteiger partial charge is 0.484 e. The maximum atomic E-state index is 13.1. The summed E-state index contributed by atoms with van der Waals surface area (Å²) in [5.41, 5.74) is 2.25. The van der Waals surface area contributed by atoms with E-state index in [4.69, 9.17) is 4.74 Å². The molecule has 146 valence electrons. The van der Waals surface area contributed by atoms with Crippen LogP contribution in [0.1, 0.15) is 5.69 Å². The number of ether oxygens (including phenoxy) is 1. The number of hydrogen-bond acceptors (Lipinski definition) is 5. The van der Waals surface area contributed by atoms with Crippen molar-refractivity contribution in [2.24, 2.45) is 0 Å². The lowest BCUT2D eigenvalue weighted by Gasteiger charge is -2.08. The molecule has 0 bridgehead atoms. The third-order valence-corrected chi connectivity index (χ3v) is 4.84. The Labute approximate surface area is 170 Å². The number of carbonyl (C=O) groups is 1. The third kappa shape index (κ3) is 4.49. The first-order chi connectivity index (χ1) is 14.1. The second kappa shape index (κ2) is 8.24. The molecule has 6 nitrogen and oxygen atoms in total. The Bertz CT molecular complexity index is 1120. The number of para-hydroxylation sites is 1. The lowest BCUT2D eigenvalue weighted by atomic mass is 10.2. The SMILES string of the molecule is Cc1cc(NC(=O)COc2ccccc2)n(-c2nc(-c3ccc(F)cc3)cs2)n1. The quantitative estimate of drug-likeness (QED) is 0.511. The molecular formula is C21H17FN4O2S. The van der Waals surface area contributed by atoms with Crippen LogP contribution >= 0.6 is 11.3 Å². The monoisotopic (exact) mass is 408 g/mol. The zero-order valence-corrected chi connectivity index (χ0v) is 16.3. The average molecular weight is 408 g/mol. The summed E-state index contributed by atoms with van der Waals surface area (Å²) in [5, 5.41) is 9.69. The van der Waals surface area contributed by atoms with Crippen molar-refractivity contribution in [3.05, 3.63) is 77.6 Å². The van der Waals surface area contributed by atoms with Crippen LogP contribution in [0.15, 0.2) is 66.0 Å². The Morgan fingerprint density at radius 1 is 1.17 bits per heavy atom. The van der Waals surface area contributed by atoms with Gasteiger partial charge < -0.3 is 10.1 Å². The van der Waals surface area contributed by atoms with Gasteiger partial charge in [-0.05, 0) is 43.3 Å². The van der Waals surface area contributed by atoms with Crippen molar-refractivity contribution < 1.29 is 13.9 Å². The second-order valence-electron chi connectivity index (χ2n) is 6.25. The predicted molar refractivity (Wildman–Crippen MR) is 110 cm³/mol. The van der Waals surface area contributed by atoms with Crippen molar-refractivity contribution in [1.82, 2.24) is 14.8 Å². The lowest BCUT2D eigenvalue weighted by Crippen LogP contribution is -2.21. The minimum atomic E-state index is -0.301. The number of aryl methyl sites for hydroxylation is 1. The number of amides is 1. The van der Waals surface area contributed by atoms with Gasteiger partial charge in [0.15, 0.2) is 6.61 Å². The van der Waals surface area contributed by atoms with Crippen molar-refractivity contribution in [2.45, 2.75) is 6.92 Å². The molecule has 1 amide bonds. The number of benzene rings is 2. The summed E-state index contributed by atoms with van der Waals surface area (Å²) in [6.45, 7) is 1.72. The van der Waals surface area contributed by atoms with Crippen LogP contribution in [0.4, 0.5) is 10.2 Å². The molecule has 0 saturated heterocycles. The molecule has 0 spiro atoms. The first-order valence-electron chi connectivity index (χ1n) is 8.85. The molecule has 4 rings (SSSR count). The number of nitrogens with one attached hydrogen (secondary N) is 1. The highest BCUT2D eigenvalue weighted by Crippen LogP contribution is 2.26. The van der Waals surface area contributed by atoms with Gasteiger partial charge in [0, 0.05) is 17.0 Å². The van der Waals surface area contributed by atoms with E-state index >= 15 is 0 Å². The van der Waals surface area contributed by atoms with Crippen molar-refractivity contribution in [3.63, 3.8) is 0 Å². The summed E-state index contributed by atoms with van der Waals surface area (Å²) in [6.07, 6.45) is 0. The zero-order valence-electron chi connectivity index (χ0n) is 15.5. The minimum Gasteiger partial charge on any atom is -0.484 e. The predicted octanol–water partition coefficient (Wildman–Crippen LogP) is 4.46. The van der Waals surface area contributed by atoms with Gasteiger partial charge in [-0.15, -0.1) is 11.3 Å². The van der Waals surface area contributed by atoms with E-state index in [2.05, 4.69) is 15.4 Å². The van der Waals surface area contributed by atoms with E-state index in [-0.39, 0.29) is 18.3 Å². The first-order valence-corrected chi connectivity index (χ1v) is 9.73. The summed E-state index contributed by atoms with van der Waals surface area (Å²) < 4.78 is 20.2. The highest BCUT2D eigenvalue weighted by atomic mass is 32.1. The maximum absolute atomic E-state index is 13.1. The molecule has 0 atom stereocenters. The Morgan fingerprint density at radius 2 is 1.93 bits per heavy atom. The number of anilines is 1. The van der Waals surface area contributed by atoms with Crippen molar-refractivity contribution >= 4 is 23.1 Å². The van der Waals surface area contributed by atoms with Gasteiger partial charge in [0.1, 0.15) is 17.4 Å². The van der Waals surface area contributed by atoms with E-state index in [1.807, 2.05) is 30.5 Å². The van der Waals surface area contributed by atoms with Crippen LogP contribution in [0.2, 0.25) is 0 Å². The lowest BCUT2D eigenvalue weighted by molar-refractivity contribution is -0.118. The molecule has 8 heteroatoms. The van der Waals surface area contributed by atoms with Gasteiger partial charge in [0.05, 0.1) is 11.4 Å². The molecule has 2 aromatic carbocycles. The summed E-state index contributed by atoms with van der Waals surface area (Å²) in [7, 11) is 0. The third-order valence-electron chi connectivity index (χ3n) is 4.03. The Balaban J connectivity index is 1.49. The number of hydrogen-bond donors (Lipinski definition) is 1. The standard InChI is InChI=1S/C21H17FN4O2S/c1-14-11-19(24-20(27)12-28-17-5-3-2-4-6-17)26(25-14)21-23-18(13-29-21)15-7-9-16(22)10-8-15/h2-11,13H,12H2,1H3,(H,24,27). The first kappa shape index (κ1) is 18.8. The summed E-state index contributed by atoms with van der Waals surface area (Å²) in [4.78, 5) is 16.9. The molecule has 0 aliphatic carbocycles. The molecule has 4 aromatic rings. The van der Waals surface area contributed by atoms with E-state index < -0.39 is 0 Å². The fourth-order valence-electron chi connectivity index (χ4n) is 2.69. The van der Waals surface area contributed by atoms with Crippen LogP contribution in [0, 0.1) is 12.7 Å². The maximum Gasteiger partial charge on any atom is 0.263 e. The van der Waals surface area contributed by atoms with Gasteiger partial charge in [-0.2, -0.15) is 9.78 Å². The summed E-state index contributed by atoms with van der Waals surface area (Å²) in [5.74, 6) is 0.528. The van der Waals surface area contributed by atoms with E-state index in [0.29, 0.717) is 22.4 Å². The molecule has 0 fully saturated rings.